The average molecular weight is 341 g/mol. The van der Waals surface area contributed by atoms with Crippen LogP contribution in [0.2, 0.25) is 0 Å². The summed E-state index contributed by atoms with van der Waals surface area (Å²) in [7, 11) is 0. The Hall–Kier alpha value is -2.63. The molecule has 0 bridgehead atoms. The number of nitrogens with one attached hydrogen (secondary N) is 1. The van der Waals surface area contributed by atoms with Gasteiger partial charge in [-0.05, 0) is 37.5 Å². The third kappa shape index (κ3) is 3.90. The SMILES string of the molecule is Cc1c(C(=O)NCc2ccc(C(=O)O)cc2)cnn1C1CCCCC1. The molecule has 6 nitrogen and oxygen atoms in total. The quantitative estimate of drug-likeness (QED) is 0.874. The molecule has 0 saturated heterocycles. The molecule has 1 fully saturated rings. The molecule has 1 aromatic heterocycles. The van der Waals surface area contributed by atoms with E-state index in [1.54, 1.807) is 18.3 Å². The van der Waals surface area contributed by atoms with E-state index >= 15 is 0 Å². The van der Waals surface area contributed by atoms with Gasteiger partial charge in [0.05, 0.1) is 23.4 Å². The monoisotopic (exact) mass is 341 g/mol. The highest BCUT2D eigenvalue weighted by Gasteiger charge is 2.21. The van der Waals surface area contributed by atoms with Gasteiger partial charge in [-0.1, -0.05) is 31.4 Å². The average Bonchev–Trinajstić information content (AvgIpc) is 3.02. The van der Waals surface area contributed by atoms with Crippen molar-refractivity contribution in [1.29, 1.82) is 0 Å². The highest BCUT2D eigenvalue weighted by atomic mass is 16.4. The van der Waals surface area contributed by atoms with E-state index in [4.69, 9.17) is 5.11 Å². The fraction of sp³-hybridized carbons (Fsp3) is 0.421. The maximum Gasteiger partial charge on any atom is 0.335 e. The molecule has 0 spiro atoms. The first kappa shape index (κ1) is 17.2. The first-order valence-corrected chi connectivity index (χ1v) is 8.71. The molecule has 0 unspecified atom stereocenters. The second kappa shape index (κ2) is 7.51. The molecule has 1 saturated carbocycles. The van der Waals surface area contributed by atoms with Crippen LogP contribution >= 0.6 is 0 Å². The second-order valence-electron chi connectivity index (χ2n) is 6.56. The molecule has 132 valence electrons. The van der Waals surface area contributed by atoms with Crippen molar-refractivity contribution < 1.29 is 14.7 Å². The molecule has 1 amide bonds. The zero-order valence-corrected chi connectivity index (χ0v) is 14.4. The number of carboxylic acids is 1. The van der Waals surface area contributed by atoms with Crippen molar-refractivity contribution in [1.82, 2.24) is 15.1 Å². The first-order chi connectivity index (χ1) is 12.1. The third-order valence-corrected chi connectivity index (χ3v) is 4.86. The lowest BCUT2D eigenvalue weighted by Gasteiger charge is -2.23. The fourth-order valence-corrected chi connectivity index (χ4v) is 3.38. The smallest absolute Gasteiger partial charge is 0.335 e. The molecule has 3 rings (SSSR count). The van der Waals surface area contributed by atoms with Gasteiger partial charge >= 0.3 is 5.97 Å². The van der Waals surface area contributed by atoms with Crippen LogP contribution in [0.3, 0.4) is 0 Å². The van der Waals surface area contributed by atoms with Crippen LogP contribution in [0.4, 0.5) is 0 Å². The number of hydrogen-bond acceptors (Lipinski definition) is 3. The normalized spacial score (nSPS) is 15.1. The summed E-state index contributed by atoms with van der Waals surface area (Å²) >= 11 is 0. The molecule has 1 heterocycles. The van der Waals surface area contributed by atoms with Crippen molar-refractivity contribution in [3.63, 3.8) is 0 Å². The van der Waals surface area contributed by atoms with E-state index in [0.29, 0.717) is 18.2 Å². The Morgan fingerprint density at radius 2 is 1.88 bits per heavy atom. The molecule has 1 aliphatic rings. The molecule has 0 radical (unpaired) electrons. The van der Waals surface area contributed by atoms with Gasteiger partial charge < -0.3 is 10.4 Å². The molecular formula is C19H23N3O3. The van der Waals surface area contributed by atoms with Crippen LogP contribution in [0.15, 0.2) is 30.5 Å². The Morgan fingerprint density at radius 3 is 2.52 bits per heavy atom. The summed E-state index contributed by atoms with van der Waals surface area (Å²) in [5.41, 5.74) is 2.61. The summed E-state index contributed by atoms with van der Waals surface area (Å²) in [4.78, 5) is 23.3. The molecule has 0 atom stereocenters. The fourth-order valence-electron chi connectivity index (χ4n) is 3.38. The minimum Gasteiger partial charge on any atom is -0.478 e. The number of aromatic carboxylic acids is 1. The predicted molar refractivity (Wildman–Crippen MR) is 93.7 cm³/mol. The van der Waals surface area contributed by atoms with E-state index < -0.39 is 5.97 Å². The summed E-state index contributed by atoms with van der Waals surface area (Å²) in [6.45, 7) is 2.30. The van der Waals surface area contributed by atoms with Crippen molar-refractivity contribution in [2.45, 2.75) is 51.6 Å². The lowest BCUT2D eigenvalue weighted by molar-refractivity contribution is 0.0696. The minimum absolute atomic E-state index is 0.151. The minimum atomic E-state index is -0.957. The van der Waals surface area contributed by atoms with Gasteiger partial charge in [0, 0.05) is 12.2 Å². The predicted octanol–water partition coefficient (Wildman–Crippen LogP) is 3.32. The largest absolute Gasteiger partial charge is 0.478 e. The van der Waals surface area contributed by atoms with Gasteiger partial charge in [-0.25, -0.2) is 4.79 Å². The molecule has 1 aromatic carbocycles. The van der Waals surface area contributed by atoms with Crippen LogP contribution in [-0.4, -0.2) is 26.8 Å². The van der Waals surface area contributed by atoms with E-state index in [1.165, 1.54) is 31.4 Å². The van der Waals surface area contributed by atoms with Crippen LogP contribution < -0.4 is 5.32 Å². The van der Waals surface area contributed by atoms with Gasteiger partial charge in [-0.2, -0.15) is 5.10 Å². The zero-order chi connectivity index (χ0) is 17.8. The zero-order valence-electron chi connectivity index (χ0n) is 14.4. The number of aromatic nitrogens is 2. The lowest BCUT2D eigenvalue weighted by atomic mass is 9.95. The number of hydrogen-bond donors (Lipinski definition) is 2. The first-order valence-electron chi connectivity index (χ1n) is 8.71. The molecule has 1 aliphatic carbocycles. The van der Waals surface area contributed by atoms with Crippen molar-refractivity contribution in [2.24, 2.45) is 0 Å². The van der Waals surface area contributed by atoms with Crippen LogP contribution in [0.5, 0.6) is 0 Å². The van der Waals surface area contributed by atoms with Crippen LogP contribution in [-0.2, 0) is 6.54 Å². The van der Waals surface area contributed by atoms with Gasteiger partial charge in [0.2, 0.25) is 0 Å². The Morgan fingerprint density at radius 1 is 1.20 bits per heavy atom. The summed E-state index contributed by atoms with van der Waals surface area (Å²) in [5.74, 6) is -1.11. The van der Waals surface area contributed by atoms with Crippen molar-refractivity contribution in [3.8, 4) is 0 Å². The molecular weight excluding hydrogens is 318 g/mol. The maximum absolute atomic E-state index is 12.5. The number of rotatable bonds is 5. The Kier molecular flexibility index (Phi) is 5.16. The molecule has 6 heteroatoms. The van der Waals surface area contributed by atoms with Gasteiger partial charge in [-0.15, -0.1) is 0 Å². The van der Waals surface area contributed by atoms with Gasteiger partial charge in [0.1, 0.15) is 0 Å². The molecule has 2 N–H and O–H groups in total. The highest BCUT2D eigenvalue weighted by molar-refractivity contribution is 5.95. The third-order valence-electron chi connectivity index (χ3n) is 4.86. The van der Waals surface area contributed by atoms with Gasteiger partial charge in [0.25, 0.3) is 5.91 Å². The van der Waals surface area contributed by atoms with Crippen LogP contribution in [0, 0.1) is 6.92 Å². The molecule has 0 aliphatic heterocycles. The van der Waals surface area contributed by atoms with E-state index in [9.17, 15) is 9.59 Å². The van der Waals surface area contributed by atoms with Crippen LogP contribution in [0.1, 0.15) is 70.1 Å². The number of amides is 1. The highest BCUT2D eigenvalue weighted by Crippen LogP contribution is 2.29. The summed E-state index contributed by atoms with van der Waals surface area (Å²) in [6, 6.07) is 6.90. The number of nitrogens with zero attached hydrogens (tertiary/aromatic N) is 2. The van der Waals surface area contributed by atoms with Crippen molar-refractivity contribution in [2.75, 3.05) is 0 Å². The Bertz CT molecular complexity index is 759. The van der Waals surface area contributed by atoms with E-state index in [-0.39, 0.29) is 11.5 Å². The summed E-state index contributed by atoms with van der Waals surface area (Å²) in [6.07, 6.45) is 7.62. The summed E-state index contributed by atoms with van der Waals surface area (Å²) < 4.78 is 2.00. The summed E-state index contributed by atoms with van der Waals surface area (Å²) in [5, 5.41) is 16.2. The van der Waals surface area contributed by atoms with Gasteiger partial charge in [-0.3, -0.25) is 9.48 Å². The van der Waals surface area contributed by atoms with Crippen molar-refractivity contribution in [3.05, 3.63) is 52.8 Å². The molecule has 25 heavy (non-hydrogen) atoms. The standard InChI is InChI=1S/C19H23N3O3/c1-13-17(12-21-22(13)16-5-3-2-4-6-16)18(23)20-11-14-7-9-15(10-8-14)19(24)25/h7-10,12,16H,2-6,11H2,1H3,(H,20,23)(H,24,25). The second-order valence-corrected chi connectivity index (χ2v) is 6.56. The number of carbonyl (C=O) groups is 2. The van der Waals surface area contributed by atoms with E-state index in [1.807, 2.05) is 11.6 Å². The van der Waals surface area contributed by atoms with E-state index in [2.05, 4.69) is 10.4 Å². The molecule has 2 aromatic rings. The number of carbonyl (C=O) groups excluding carboxylic acids is 1. The lowest BCUT2D eigenvalue weighted by Crippen LogP contribution is -2.24. The van der Waals surface area contributed by atoms with Gasteiger partial charge in [0.15, 0.2) is 0 Å². The van der Waals surface area contributed by atoms with E-state index in [0.717, 1.165) is 24.1 Å². The topological polar surface area (TPSA) is 84.2 Å². The Balaban J connectivity index is 1.63. The number of benzene rings is 1. The van der Waals surface area contributed by atoms with Crippen molar-refractivity contribution >= 4 is 11.9 Å². The number of carboxylic acid groups (broad SMARTS) is 1. The van der Waals surface area contributed by atoms with Crippen LogP contribution in [0.25, 0.3) is 0 Å². The Labute approximate surface area is 146 Å². The maximum atomic E-state index is 12.5.